The van der Waals surface area contributed by atoms with Crippen LogP contribution in [0.4, 0.5) is 4.39 Å². The van der Waals surface area contributed by atoms with E-state index < -0.39 is 0 Å². The van der Waals surface area contributed by atoms with Crippen LogP contribution in [0.5, 0.6) is 0 Å². The van der Waals surface area contributed by atoms with Gasteiger partial charge in [-0.3, -0.25) is 4.79 Å². The van der Waals surface area contributed by atoms with Gasteiger partial charge in [0.25, 0.3) is 0 Å². The summed E-state index contributed by atoms with van der Waals surface area (Å²) in [6.07, 6.45) is 7.48. The average molecular weight is 318 g/mol. The summed E-state index contributed by atoms with van der Waals surface area (Å²) in [5, 5.41) is 0. The number of piperidine rings is 1. The Labute approximate surface area is 138 Å². The molecule has 2 atom stereocenters. The van der Waals surface area contributed by atoms with Gasteiger partial charge in [0.1, 0.15) is 5.82 Å². The Morgan fingerprint density at radius 1 is 1.13 bits per heavy atom. The molecule has 2 N–H and O–H groups in total. The number of halogens is 1. The number of carbonyl (C=O) groups is 1. The van der Waals surface area contributed by atoms with Crippen molar-refractivity contribution < 1.29 is 9.18 Å². The van der Waals surface area contributed by atoms with Crippen molar-refractivity contribution in [2.24, 2.45) is 17.6 Å². The molecule has 23 heavy (non-hydrogen) atoms. The minimum absolute atomic E-state index is 0.0572. The molecule has 2 aliphatic rings. The summed E-state index contributed by atoms with van der Waals surface area (Å²) in [6, 6.07) is 6.74. The number of hydrogen-bond acceptors (Lipinski definition) is 2. The van der Waals surface area contributed by atoms with Gasteiger partial charge < -0.3 is 10.6 Å². The zero-order chi connectivity index (χ0) is 16.2. The van der Waals surface area contributed by atoms with Crippen molar-refractivity contribution in [3.8, 4) is 0 Å². The van der Waals surface area contributed by atoms with Gasteiger partial charge in [0.15, 0.2) is 0 Å². The van der Waals surface area contributed by atoms with E-state index in [4.69, 9.17) is 5.73 Å². The Hall–Kier alpha value is -1.42. The molecule has 3 nitrogen and oxygen atoms in total. The minimum atomic E-state index is -0.205. The normalized spacial score (nSPS) is 26.3. The highest BCUT2D eigenvalue weighted by Crippen LogP contribution is 2.28. The molecule has 4 heteroatoms. The predicted molar refractivity (Wildman–Crippen MR) is 89.3 cm³/mol. The number of amides is 1. The monoisotopic (exact) mass is 318 g/mol. The Morgan fingerprint density at radius 3 is 2.52 bits per heavy atom. The quantitative estimate of drug-likeness (QED) is 0.931. The van der Waals surface area contributed by atoms with Crippen LogP contribution in [0.3, 0.4) is 0 Å². The minimum Gasteiger partial charge on any atom is -0.341 e. The smallest absolute Gasteiger partial charge is 0.225 e. The molecule has 1 aliphatic carbocycles. The van der Waals surface area contributed by atoms with Gasteiger partial charge in [-0.25, -0.2) is 4.39 Å². The third kappa shape index (κ3) is 4.31. The van der Waals surface area contributed by atoms with E-state index in [1.165, 1.54) is 31.4 Å². The lowest BCUT2D eigenvalue weighted by Crippen LogP contribution is -2.51. The second kappa shape index (κ2) is 7.43. The fourth-order valence-corrected chi connectivity index (χ4v) is 4.14. The highest BCUT2D eigenvalue weighted by molar-refractivity contribution is 5.79. The molecule has 1 aliphatic heterocycles. The number of nitrogens with two attached hydrogens (primary N) is 1. The zero-order valence-electron chi connectivity index (χ0n) is 13.7. The second-order valence-corrected chi connectivity index (χ2v) is 7.27. The van der Waals surface area contributed by atoms with E-state index in [1.807, 2.05) is 17.0 Å². The number of benzene rings is 1. The number of hydrogen-bond donors (Lipinski definition) is 1. The van der Waals surface area contributed by atoms with Crippen LogP contribution in [0.25, 0.3) is 0 Å². The first-order valence-electron chi connectivity index (χ1n) is 8.90. The van der Waals surface area contributed by atoms with Crippen LogP contribution in [-0.4, -0.2) is 29.9 Å². The van der Waals surface area contributed by atoms with Crippen LogP contribution in [-0.2, 0) is 11.2 Å². The van der Waals surface area contributed by atoms with Gasteiger partial charge in [0.05, 0.1) is 0 Å². The highest BCUT2D eigenvalue weighted by Gasteiger charge is 2.32. The van der Waals surface area contributed by atoms with Gasteiger partial charge in [-0.15, -0.1) is 0 Å². The third-order valence-corrected chi connectivity index (χ3v) is 5.27. The molecule has 0 spiro atoms. The largest absolute Gasteiger partial charge is 0.341 e. The van der Waals surface area contributed by atoms with Gasteiger partial charge in [-0.05, 0) is 49.3 Å². The van der Waals surface area contributed by atoms with Crippen LogP contribution in [0, 0.1) is 17.7 Å². The lowest BCUT2D eigenvalue weighted by Gasteiger charge is -2.38. The lowest BCUT2D eigenvalue weighted by molar-refractivity contribution is -0.138. The van der Waals surface area contributed by atoms with Crippen molar-refractivity contribution in [3.63, 3.8) is 0 Å². The lowest BCUT2D eigenvalue weighted by atomic mass is 9.85. The van der Waals surface area contributed by atoms with Crippen molar-refractivity contribution in [3.05, 3.63) is 35.6 Å². The van der Waals surface area contributed by atoms with Crippen molar-refractivity contribution in [1.82, 2.24) is 4.90 Å². The Balaban J connectivity index is 1.61. The van der Waals surface area contributed by atoms with E-state index in [0.29, 0.717) is 18.4 Å². The first-order valence-corrected chi connectivity index (χ1v) is 8.90. The number of carbonyl (C=O) groups excluding carboxylic acids is 1. The van der Waals surface area contributed by atoms with Gasteiger partial charge in [0, 0.05) is 25.0 Å². The summed E-state index contributed by atoms with van der Waals surface area (Å²) in [4.78, 5) is 14.8. The molecule has 0 radical (unpaired) electrons. The van der Waals surface area contributed by atoms with Crippen LogP contribution in [0.15, 0.2) is 24.3 Å². The Morgan fingerprint density at radius 2 is 1.83 bits per heavy atom. The highest BCUT2D eigenvalue weighted by atomic mass is 19.1. The maximum Gasteiger partial charge on any atom is 0.225 e. The van der Waals surface area contributed by atoms with E-state index in [1.54, 1.807) is 0 Å². The molecular formula is C19H27FN2O. The van der Waals surface area contributed by atoms with Crippen molar-refractivity contribution >= 4 is 5.91 Å². The van der Waals surface area contributed by atoms with Crippen LogP contribution >= 0.6 is 0 Å². The topological polar surface area (TPSA) is 46.3 Å². The Bertz CT molecular complexity index is 525. The fraction of sp³-hybridized carbons (Fsp3) is 0.632. The standard InChI is InChI=1S/C19H27FN2O/c20-17-8-6-14(7-9-17)10-15-11-18(21)13-22(12-15)19(23)16-4-2-1-3-5-16/h6-9,15-16,18H,1-5,10-13,21H2. The number of likely N-dealkylation sites (tertiary alicyclic amines) is 1. The SMILES string of the molecule is NC1CC(Cc2ccc(F)cc2)CN(C(=O)C2CCCCC2)C1. The summed E-state index contributed by atoms with van der Waals surface area (Å²) >= 11 is 0. The molecule has 3 rings (SSSR count). The molecule has 1 heterocycles. The van der Waals surface area contributed by atoms with Gasteiger partial charge >= 0.3 is 0 Å². The molecule has 2 fully saturated rings. The molecule has 0 bridgehead atoms. The fourth-order valence-electron chi connectivity index (χ4n) is 4.14. The molecule has 126 valence electrons. The molecular weight excluding hydrogens is 291 g/mol. The van der Waals surface area contributed by atoms with Crippen molar-refractivity contribution in [2.75, 3.05) is 13.1 Å². The average Bonchev–Trinajstić information content (AvgIpc) is 2.56. The summed E-state index contributed by atoms with van der Waals surface area (Å²) in [5.41, 5.74) is 7.33. The second-order valence-electron chi connectivity index (χ2n) is 7.27. The van der Waals surface area contributed by atoms with Crippen LogP contribution in [0.1, 0.15) is 44.1 Å². The van der Waals surface area contributed by atoms with Gasteiger partial charge in [-0.2, -0.15) is 0 Å². The first kappa shape index (κ1) is 16.4. The first-order chi connectivity index (χ1) is 11.1. The third-order valence-electron chi connectivity index (χ3n) is 5.27. The molecule has 1 amide bonds. The van der Waals surface area contributed by atoms with E-state index in [9.17, 15) is 9.18 Å². The molecule has 1 aromatic rings. The number of nitrogens with zero attached hydrogens (tertiary/aromatic N) is 1. The molecule has 1 saturated heterocycles. The molecule has 1 saturated carbocycles. The summed E-state index contributed by atoms with van der Waals surface area (Å²) in [7, 11) is 0. The van der Waals surface area contributed by atoms with Crippen LogP contribution < -0.4 is 5.73 Å². The number of rotatable bonds is 3. The molecule has 1 aromatic carbocycles. The van der Waals surface area contributed by atoms with E-state index in [2.05, 4.69) is 0 Å². The van der Waals surface area contributed by atoms with E-state index >= 15 is 0 Å². The predicted octanol–water partition coefficient (Wildman–Crippen LogP) is 3.12. The van der Waals surface area contributed by atoms with E-state index in [0.717, 1.165) is 37.8 Å². The van der Waals surface area contributed by atoms with Crippen molar-refractivity contribution in [2.45, 2.75) is 51.0 Å². The molecule has 2 unspecified atom stereocenters. The summed E-state index contributed by atoms with van der Waals surface area (Å²) in [6.45, 7) is 1.48. The maximum atomic E-state index is 13.0. The van der Waals surface area contributed by atoms with Gasteiger partial charge in [0.2, 0.25) is 5.91 Å². The molecule has 0 aromatic heterocycles. The van der Waals surface area contributed by atoms with Crippen molar-refractivity contribution in [1.29, 1.82) is 0 Å². The zero-order valence-corrected chi connectivity index (χ0v) is 13.7. The maximum absolute atomic E-state index is 13.0. The van der Waals surface area contributed by atoms with Crippen LogP contribution in [0.2, 0.25) is 0 Å². The van der Waals surface area contributed by atoms with E-state index in [-0.39, 0.29) is 17.8 Å². The summed E-state index contributed by atoms with van der Waals surface area (Å²) < 4.78 is 13.0. The summed E-state index contributed by atoms with van der Waals surface area (Å²) in [5.74, 6) is 0.685. The van der Waals surface area contributed by atoms with Gasteiger partial charge in [-0.1, -0.05) is 31.4 Å². The Kier molecular flexibility index (Phi) is 5.31.